The number of imide groups is 1. The highest BCUT2D eigenvalue weighted by Gasteiger charge is 2.35. The third-order valence-corrected chi connectivity index (χ3v) is 4.90. The molecule has 6 heteroatoms. The first-order valence-electron chi connectivity index (χ1n) is 8.63. The maximum absolute atomic E-state index is 12.6. The highest BCUT2D eigenvalue weighted by molar-refractivity contribution is 6.21. The number of likely N-dealkylation sites (tertiary alicyclic amines) is 1. The second-order valence-electron chi connectivity index (χ2n) is 6.74. The molecule has 1 saturated heterocycles. The van der Waals surface area contributed by atoms with Gasteiger partial charge in [0.2, 0.25) is 0 Å². The smallest absolute Gasteiger partial charge is 0.261 e. The van der Waals surface area contributed by atoms with Gasteiger partial charge < -0.3 is 10.6 Å². The Bertz CT molecular complexity index is 874. The van der Waals surface area contributed by atoms with Crippen LogP contribution in [0.1, 0.15) is 43.1 Å². The molecule has 4 rings (SSSR count). The van der Waals surface area contributed by atoms with Crippen LogP contribution in [0, 0.1) is 0 Å². The van der Waals surface area contributed by atoms with Crippen LogP contribution in [0.15, 0.2) is 48.5 Å². The van der Waals surface area contributed by atoms with E-state index in [1.807, 2.05) is 6.07 Å². The van der Waals surface area contributed by atoms with Crippen LogP contribution in [-0.2, 0) is 6.54 Å². The fourth-order valence-corrected chi connectivity index (χ4v) is 3.52. The van der Waals surface area contributed by atoms with Crippen LogP contribution >= 0.6 is 0 Å². The molecule has 0 spiro atoms. The van der Waals surface area contributed by atoms with Gasteiger partial charge in [0.1, 0.15) is 0 Å². The van der Waals surface area contributed by atoms with Gasteiger partial charge in [0, 0.05) is 24.7 Å². The molecule has 1 atom stereocenters. The molecule has 0 unspecified atom stereocenters. The minimum Gasteiger partial charge on any atom is -0.337 e. The van der Waals surface area contributed by atoms with E-state index >= 15 is 0 Å². The summed E-state index contributed by atoms with van der Waals surface area (Å²) >= 11 is 0. The lowest BCUT2D eigenvalue weighted by Crippen LogP contribution is -2.32. The van der Waals surface area contributed by atoms with Crippen molar-refractivity contribution >= 4 is 17.7 Å². The Morgan fingerprint density at radius 1 is 1.04 bits per heavy atom. The zero-order chi connectivity index (χ0) is 18.3. The Labute approximate surface area is 151 Å². The zero-order valence-electron chi connectivity index (χ0n) is 14.2. The second-order valence-corrected chi connectivity index (χ2v) is 6.74. The summed E-state index contributed by atoms with van der Waals surface area (Å²) in [5, 5.41) is 0. The van der Waals surface area contributed by atoms with Gasteiger partial charge in [0.25, 0.3) is 17.7 Å². The number of carbonyl (C=O) groups is 3. The molecule has 0 aliphatic carbocycles. The molecule has 2 N–H and O–H groups in total. The Kier molecular flexibility index (Phi) is 4.05. The molecule has 0 bridgehead atoms. The molecule has 1 fully saturated rings. The summed E-state index contributed by atoms with van der Waals surface area (Å²) in [6.07, 6.45) is 0.806. The number of carbonyl (C=O) groups excluding carboxylic acids is 3. The van der Waals surface area contributed by atoms with E-state index in [-0.39, 0.29) is 30.3 Å². The Balaban J connectivity index is 1.54. The van der Waals surface area contributed by atoms with E-state index in [0.717, 1.165) is 12.0 Å². The van der Waals surface area contributed by atoms with Gasteiger partial charge in [-0.05, 0) is 36.2 Å². The van der Waals surface area contributed by atoms with Crippen LogP contribution in [-0.4, -0.2) is 46.7 Å². The van der Waals surface area contributed by atoms with Crippen molar-refractivity contribution in [1.82, 2.24) is 9.80 Å². The summed E-state index contributed by atoms with van der Waals surface area (Å²) < 4.78 is 0. The van der Waals surface area contributed by atoms with E-state index in [0.29, 0.717) is 29.8 Å². The summed E-state index contributed by atoms with van der Waals surface area (Å²) in [6.45, 7) is 1.36. The third kappa shape index (κ3) is 2.78. The predicted octanol–water partition coefficient (Wildman–Crippen LogP) is 1.66. The van der Waals surface area contributed by atoms with Crippen molar-refractivity contribution in [2.24, 2.45) is 5.73 Å². The first-order chi connectivity index (χ1) is 12.5. The van der Waals surface area contributed by atoms with E-state index in [2.05, 4.69) is 0 Å². The van der Waals surface area contributed by atoms with Crippen LogP contribution < -0.4 is 5.73 Å². The third-order valence-electron chi connectivity index (χ3n) is 4.90. The van der Waals surface area contributed by atoms with Crippen LogP contribution in [0.3, 0.4) is 0 Å². The van der Waals surface area contributed by atoms with Crippen molar-refractivity contribution in [3.8, 4) is 0 Å². The summed E-state index contributed by atoms with van der Waals surface area (Å²) in [5.74, 6) is -0.664. The molecule has 0 radical (unpaired) electrons. The molecule has 2 aromatic carbocycles. The Morgan fingerprint density at radius 2 is 1.73 bits per heavy atom. The lowest BCUT2D eigenvalue weighted by atomic mass is 10.1. The highest BCUT2D eigenvalue weighted by Crippen LogP contribution is 2.24. The van der Waals surface area contributed by atoms with E-state index < -0.39 is 0 Å². The van der Waals surface area contributed by atoms with Gasteiger partial charge in [-0.25, -0.2) is 0 Å². The van der Waals surface area contributed by atoms with Crippen molar-refractivity contribution in [2.45, 2.75) is 19.0 Å². The molecule has 6 nitrogen and oxygen atoms in total. The van der Waals surface area contributed by atoms with Crippen molar-refractivity contribution in [1.29, 1.82) is 0 Å². The first-order valence-corrected chi connectivity index (χ1v) is 8.63. The first kappa shape index (κ1) is 16.5. The van der Waals surface area contributed by atoms with Gasteiger partial charge >= 0.3 is 0 Å². The molecule has 2 aromatic rings. The Morgan fingerprint density at radius 3 is 2.35 bits per heavy atom. The number of hydrogen-bond acceptors (Lipinski definition) is 4. The Hall–Kier alpha value is -2.99. The average Bonchev–Trinajstić information content (AvgIpc) is 3.19. The van der Waals surface area contributed by atoms with E-state index in [1.165, 1.54) is 4.90 Å². The summed E-state index contributed by atoms with van der Waals surface area (Å²) in [4.78, 5) is 40.6. The molecule has 0 saturated carbocycles. The number of amides is 3. The maximum atomic E-state index is 12.6. The SMILES string of the molecule is N[C@@H]1CCN(C(=O)c2cccc(CN3C(=O)c4ccccc4C3=O)c2)C1. The largest absolute Gasteiger partial charge is 0.337 e. The lowest BCUT2D eigenvalue weighted by Gasteiger charge is -2.17. The summed E-state index contributed by atoms with van der Waals surface area (Å²) in [7, 11) is 0. The maximum Gasteiger partial charge on any atom is 0.261 e. The van der Waals surface area contributed by atoms with Crippen molar-refractivity contribution in [3.05, 3.63) is 70.8 Å². The quantitative estimate of drug-likeness (QED) is 0.854. The van der Waals surface area contributed by atoms with Gasteiger partial charge in [-0.3, -0.25) is 19.3 Å². The molecule has 2 heterocycles. The minimum absolute atomic E-state index is 0.0282. The van der Waals surface area contributed by atoms with Crippen LogP contribution in [0.2, 0.25) is 0 Å². The van der Waals surface area contributed by atoms with Gasteiger partial charge in [-0.15, -0.1) is 0 Å². The van der Waals surface area contributed by atoms with Gasteiger partial charge in [0.05, 0.1) is 17.7 Å². The number of hydrogen-bond donors (Lipinski definition) is 1. The van der Waals surface area contributed by atoms with Gasteiger partial charge in [-0.2, -0.15) is 0 Å². The number of nitrogens with zero attached hydrogens (tertiary/aromatic N) is 2. The minimum atomic E-state index is -0.298. The normalized spacial score (nSPS) is 19.2. The zero-order valence-corrected chi connectivity index (χ0v) is 14.2. The molecule has 2 aliphatic heterocycles. The molecule has 0 aromatic heterocycles. The highest BCUT2D eigenvalue weighted by atomic mass is 16.2. The van der Waals surface area contributed by atoms with Crippen molar-refractivity contribution in [2.75, 3.05) is 13.1 Å². The topological polar surface area (TPSA) is 83.7 Å². The van der Waals surface area contributed by atoms with Crippen LogP contribution in [0.4, 0.5) is 0 Å². The van der Waals surface area contributed by atoms with E-state index in [4.69, 9.17) is 5.73 Å². The van der Waals surface area contributed by atoms with E-state index in [9.17, 15) is 14.4 Å². The standard InChI is InChI=1S/C20H19N3O3/c21-15-8-9-22(12-15)18(24)14-5-3-4-13(10-14)11-23-19(25)16-6-1-2-7-17(16)20(23)26/h1-7,10,15H,8-9,11-12,21H2/t15-/m1/s1. The number of rotatable bonds is 3. The van der Waals surface area contributed by atoms with Gasteiger partial charge in [0.15, 0.2) is 0 Å². The monoisotopic (exact) mass is 349 g/mol. The van der Waals surface area contributed by atoms with Crippen molar-refractivity contribution in [3.63, 3.8) is 0 Å². The molecule has 3 amide bonds. The van der Waals surface area contributed by atoms with E-state index in [1.54, 1.807) is 47.4 Å². The molecular weight excluding hydrogens is 330 g/mol. The molecule has 132 valence electrons. The average molecular weight is 349 g/mol. The number of nitrogens with two attached hydrogens (primary N) is 1. The molecular formula is C20H19N3O3. The van der Waals surface area contributed by atoms with Gasteiger partial charge in [-0.1, -0.05) is 24.3 Å². The fourth-order valence-electron chi connectivity index (χ4n) is 3.52. The van der Waals surface area contributed by atoms with Crippen LogP contribution in [0.5, 0.6) is 0 Å². The molecule has 2 aliphatic rings. The van der Waals surface area contributed by atoms with Crippen molar-refractivity contribution < 1.29 is 14.4 Å². The second kappa shape index (κ2) is 6.38. The number of fused-ring (bicyclic) bond motifs is 1. The molecule has 26 heavy (non-hydrogen) atoms. The predicted molar refractivity (Wildman–Crippen MR) is 95.6 cm³/mol. The fraction of sp³-hybridized carbons (Fsp3) is 0.250. The summed E-state index contributed by atoms with van der Waals surface area (Å²) in [5.41, 5.74) is 8.02. The number of benzene rings is 2. The summed E-state index contributed by atoms with van der Waals surface area (Å²) in [6, 6.07) is 13.9. The lowest BCUT2D eigenvalue weighted by molar-refractivity contribution is 0.0642. The van der Waals surface area contributed by atoms with Crippen LogP contribution in [0.25, 0.3) is 0 Å².